The van der Waals surface area contributed by atoms with Crippen molar-refractivity contribution in [2.45, 2.75) is 5.25 Å². The summed E-state index contributed by atoms with van der Waals surface area (Å²) in [5, 5.41) is 3.63. The third-order valence-corrected chi connectivity index (χ3v) is 19.9. The molecule has 1 unspecified atom stereocenters. The van der Waals surface area contributed by atoms with Crippen LogP contribution in [0.4, 0.5) is 0 Å². The minimum atomic E-state index is -0.798. The predicted molar refractivity (Wildman–Crippen MR) is 239 cm³/mol. The summed E-state index contributed by atoms with van der Waals surface area (Å²) >= 11 is 19.6. The molecule has 1 atom stereocenters. The lowest BCUT2D eigenvalue weighted by Gasteiger charge is -2.06. The molecule has 0 aliphatic carbocycles. The molecule has 0 saturated carbocycles. The SMILES string of the molecule is CN1C(=O)C(C(=O)c2ccc(-c3ccc(-c4cnc(-c5cc6cc7sc(-c8ncc(-c9ccc(-c%10ccc(C=O)s%10)s9)s8)cc7cc6s5)s4)s3)s2)SC1=S. The summed E-state index contributed by atoms with van der Waals surface area (Å²) in [6.07, 6.45) is 4.81. The van der Waals surface area contributed by atoms with Gasteiger partial charge in [-0.25, -0.2) is 9.97 Å². The highest BCUT2D eigenvalue weighted by Crippen LogP contribution is 2.46. The van der Waals surface area contributed by atoms with Gasteiger partial charge in [0.2, 0.25) is 5.91 Å². The standard InChI is InChI=1S/C38H19N3O3S10/c1-41-37(44)34(54-38(41)45)33(43)26-9-8-23(49-26)22-5-7-25(48-22)32-15-40-36(53-32)30-13-18-11-27-17(10-28(18)51-30)12-29(50-27)35-39-14-31(52-35)24-6-4-21(47-24)20-3-2-19(16-42)46-20/h2-16,34H,1H3. The van der Waals surface area contributed by atoms with Crippen molar-refractivity contribution in [2.75, 3.05) is 7.05 Å². The van der Waals surface area contributed by atoms with E-state index in [1.54, 1.807) is 75.1 Å². The molecule has 1 aliphatic heterocycles. The van der Waals surface area contributed by atoms with Crippen molar-refractivity contribution < 1.29 is 14.4 Å². The number of ketones is 1. The lowest BCUT2D eigenvalue weighted by Crippen LogP contribution is -2.31. The summed E-state index contributed by atoms with van der Waals surface area (Å²) in [7, 11) is 1.61. The molecule has 8 aromatic heterocycles. The number of carbonyl (C=O) groups excluding carboxylic acids is 3. The fourth-order valence-corrected chi connectivity index (χ4v) is 15.6. The first kappa shape index (κ1) is 34.9. The molecule has 6 nitrogen and oxygen atoms in total. The molecule has 0 N–H and O–H groups in total. The topological polar surface area (TPSA) is 80.2 Å². The largest absolute Gasteiger partial charge is 0.299 e. The van der Waals surface area contributed by atoms with Crippen LogP contribution in [0.3, 0.4) is 0 Å². The maximum absolute atomic E-state index is 13.1. The van der Waals surface area contributed by atoms with Gasteiger partial charge < -0.3 is 0 Å². The fourth-order valence-electron chi connectivity index (χ4n) is 5.93. The van der Waals surface area contributed by atoms with Crippen LogP contribution in [-0.4, -0.2) is 49.5 Å². The maximum atomic E-state index is 13.1. The van der Waals surface area contributed by atoms with Crippen molar-refractivity contribution in [3.05, 3.63) is 94.9 Å². The van der Waals surface area contributed by atoms with Gasteiger partial charge in [0.25, 0.3) is 0 Å². The Kier molecular flexibility index (Phi) is 8.97. The zero-order valence-corrected chi connectivity index (χ0v) is 35.6. The Labute approximate surface area is 349 Å². The zero-order chi connectivity index (χ0) is 36.7. The van der Waals surface area contributed by atoms with E-state index in [9.17, 15) is 14.4 Å². The van der Waals surface area contributed by atoms with Gasteiger partial charge >= 0.3 is 0 Å². The molecular weight excluding hydrogens is 867 g/mol. The van der Waals surface area contributed by atoms with E-state index in [-0.39, 0.29) is 11.7 Å². The number of aldehydes is 1. The number of Topliss-reactive ketones (excluding diaryl/α,β-unsaturated/α-hetero) is 1. The van der Waals surface area contributed by atoms with Gasteiger partial charge in [-0.2, -0.15) is 0 Å². The molecule has 9 heterocycles. The molecule has 9 aromatic rings. The predicted octanol–water partition coefficient (Wildman–Crippen LogP) is 13.1. The molecule has 16 heteroatoms. The highest BCUT2D eigenvalue weighted by Gasteiger charge is 2.40. The van der Waals surface area contributed by atoms with Crippen LogP contribution in [0.15, 0.2) is 85.2 Å². The molecule has 0 bridgehead atoms. The summed E-state index contributed by atoms with van der Waals surface area (Å²) in [5.74, 6) is -0.445. The van der Waals surface area contributed by atoms with Crippen molar-refractivity contribution in [3.8, 4) is 58.8 Å². The Morgan fingerprint density at radius 2 is 1.13 bits per heavy atom. The van der Waals surface area contributed by atoms with Crippen molar-refractivity contribution in [1.82, 2.24) is 14.9 Å². The number of aromatic nitrogens is 2. The molecule has 10 rings (SSSR count). The number of rotatable bonds is 9. The molecule has 1 saturated heterocycles. The highest BCUT2D eigenvalue weighted by molar-refractivity contribution is 8.24. The second-order valence-electron chi connectivity index (χ2n) is 12.0. The molecule has 1 aromatic carbocycles. The molecule has 0 radical (unpaired) electrons. The van der Waals surface area contributed by atoms with Gasteiger partial charge in [0.05, 0.1) is 29.3 Å². The van der Waals surface area contributed by atoms with Crippen LogP contribution in [0.5, 0.6) is 0 Å². The average Bonchev–Trinajstić information content (AvgIpc) is 4.03. The number of thioether (sulfide) groups is 1. The normalized spacial score (nSPS) is 14.7. The fraction of sp³-hybridized carbons (Fsp3) is 0.0526. The van der Waals surface area contributed by atoms with E-state index >= 15 is 0 Å². The van der Waals surface area contributed by atoms with Crippen LogP contribution in [-0.2, 0) is 4.79 Å². The number of hydrogen-bond acceptors (Lipinski definition) is 15. The quantitative estimate of drug-likeness (QED) is 0.0618. The Morgan fingerprint density at radius 1 is 0.630 bits per heavy atom. The maximum Gasteiger partial charge on any atom is 0.249 e. The van der Waals surface area contributed by atoms with Gasteiger partial charge in [-0.1, -0.05) is 24.0 Å². The summed E-state index contributed by atoms with van der Waals surface area (Å²) in [6, 6.07) is 25.1. The van der Waals surface area contributed by atoms with Gasteiger partial charge in [-0.15, -0.1) is 90.7 Å². The van der Waals surface area contributed by atoms with E-state index in [0.29, 0.717) is 9.20 Å². The van der Waals surface area contributed by atoms with Crippen molar-refractivity contribution in [2.24, 2.45) is 0 Å². The van der Waals surface area contributed by atoms with E-state index in [1.165, 1.54) is 52.6 Å². The first-order valence-corrected chi connectivity index (χ1v) is 23.9. The van der Waals surface area contributed by atoms with E-state index in [2.05, 4.69) is 48.5 Å². The van der Waals surface area contributed by atoms with Gasteiger partial charge in [0, 0.05) is 58.1 Å². The summed E-state index contributed by atoms with van der Waals surface area (Å²) in [4.78, 5) is 60.2. The molecule has 1 aliphatic rings. The molecule has 0 spiro atoms. The Bertz CT molecular complexity index is 2910. The van der Waals surface area contributed by atoms with Crippen LogP contribution >= 0.6 is 115 Å². The number of nitrogens with zero attached hydrogens (tertiary/aromatic N) is 3. The van der Waals surface area contributed by atoms with E-state index in [0.717, 1.165) is 76.8 Å². The van der Waals surface area contributed by atoms with Gasteiger partial charge in [0.1, 0.15) is 14.3 Å². The Morgan fingerprint density at radius 3 is 1.65 bits per heavy atom. The Hall–Kier alpha value is -3.55. The third-order valence-electron chi connectivity index (χ3n) is 8.65. The molecular formula is C38H19N3O3S10. The van der Waals surface area contributed by atoms with Crippen LogP contribution < -0.4 is 0 Å². The second-order valence-corrected chi connectivity index (χ2v) is 22.4. The minimum Gasteiger partial charge on any atom is -0.299 e. The van der Waals surface area contributed by atoms with Crippen LogP contribution in [0.2, 0.25) is 0 Å². The van der Waals surface area contributed by atoms with Gasteiger partial charge in [-0.05, 0) is 83.6 Å². The van der Waals surface area contributed by atoms with Crippen molar-refractivity contribution in [1.29, 1.82) is 0 Å². The number of carbonyl (C=O) groups is 3. The molecule has 1 amide bonds. The van der Waals surface area contributed by atoms with Crippen LogP contribution in [0.25, 0.3) is 79.0 Å². The number of fused-ring (bicyclic) bond motifs is 2. The lowest BCUT2D eigenvalue weighted by atomic mass is 10.2. The average molecular weight is 886 g/mol. The minimum absolute atomic E-state index is 0.190. The summed E-state index contributed by atoms with van der Waals surface area (Å²) < 4.78 is 2.89. The molecule has 264 valence electrons. The van der Waals surface area contributed by atoms with E-state index in [4.69, 9.17) is 22.2 Å². The van der Waals surface area contributed by atoms with Crippen LogP contribution in [0.1, 0.15) is 19.3 Å². The number of thiocarbonyl (C=S) groups is 1. The summed E-state index contributed by atoms with van der Waals surface area (Å²) in [5.41, 5.74) is 0. The van der Waals surface area contributed by atoms with Crippen molar-refractivity contribution in [3.63, 3.8) is 0 Å². The zero-order valence-electron chi connectivity index (χ0n) is 27.4. The van der Waals surface area contributed by atoms with Crippen molar-refractivity contribution >= 4 is 157 Å². The number of amides is 1. The number of hydrogen-bond donors (Lipinski definition) is 0. The smallest absolute Gasteiger partial charge is 0.249 e. The highest BCUT2D eigenvalue weighted by atomic mass is 32.2. The number of thiophene rings is 6. The van der Waals surface area contributed by atoms with E-state index in [1.807, 2.05) is 36.7 Å². The number of benzene rings is 1. The van der Waals surface area contributed by atoms with Gasteiger partial charge in [0.15, 0.2) is 17.3 Å². The Balaban J connectivity index is 0.852. The first-order valence-electron chi connectivity index (χ1n) is 16.1. The molecule has 54 heavy (non-hydrogen) atoms. The van der Waals surface area contributed by atoms with Crippen LogP contribution in [0, 0.1) is 0 Å². The monoisotopic (exact) mass is 885 g/mol. The third kappa shape index (κ3) is 6.22. The first-order chi connectivity index (χ1) is 26.3. The molecule has 1 fully saturated rings. The number of thiazole rings is 2. The van der Waals surface area contributed by atoms with Gasteiger partial charge in [-0.3, -0.25) is 19.3 Å². The lowest BCUT2D eigenvalue weighted by molar-refractivity contribution is -0.124. The summed E-state index contributed by atoms with van der Waals surface area (Å²) in [6.45, 7) is 0. The van der Waals surface area contributed by atoms with E-state index < -0.39 is 5.25 Å². The second kappa shape index (κ2) is 13.9.